The molecule has 1 aromatic carbocycles. The van der Waals surface area contributed by atoms with Gasteiger partial charge in [-0.3, -0.25) is 9.20 Å². The van der Waals surface area contributed by atoms with Crippen molar-refractivity contribution < 1.29 is 4.79 Å². The van der Waals surface area contributed by atoms with E-state index < -0.39 is 0 Å². The lowest BCUT2D eigenvalue weighted by molar-refractivity contribution is -0.121. The topological polar surface area (TPSA) is 72.2 Å². The van der Waals surface area contributed by atoms with Crippen molar-refractivity contribution in [3.8, 4) is 0 Å². The van der Waals surface area contributed by atoms with E-state index in [1.807, 2.05) is 53.9 Å². The first-order valence-corrected chi connectivity index (χ1v) is 8.96. The lowest BCUT2D eigenvalue weighted by Crippen LogP contribution is -2.28. The van der Waals surface area contributed by atoms with E-state index in [1.165, 1.54) is 0 Å². The summed E-state index contributed by atoms with van der Waals surface area (Å²) in [7, 11) is 0. The van der Waals surface area contributed by atoms with Gasteiger partial charge in [-0.25, -0.2) is 4.98 Å². The van der Waals surface area contributed by atoms with Crippen molar-refractivity contribution in [1.29, 1.82) is 0 Å². The molecule has 0 unspecified atom stereocenters. The Morgan fingerprint density at radius 2 is 2.04 bits per heavy atom. The number of fused-ring (bicyclic) bond motifs is 2. The molecule has 4 aromatic rings. The molecule has 0 saturated carbocycles. The maximum absolute atomic E-state index is 12.3. The van der Waals surface area contributed by atoms with Crippen molar-refractivity contribution >= 4 is 33.1 Å². The third-order valence-electron chi connectivity index (χ3n) is 4.01. The van der Waals surface area contributed by atoms with Crippen LogP contribution >= 0.6 is 11.3 Å². The number of hydrogen-bond acceptors (Lipinski definition) is 5. The van der Waals surface area contributed by atoms with Crippen molar-refractivity contribution in [1.82, 2.24) is 24.9 Å². The average Bonchev–Trinajstić information content (AvgIpc) is 3.23. The molecule has 7 heteroatoms. The molecule has 0 bridgehead atoms. The predicted octanol–water partition coefficient (Wildman–Crippen LogP) is 3.15. The van der Waals surface area contributed by atoms with Crippen LogP contribution in [0.4, 0.5) is 0 Å². The van der Waals surface area contributed by atoms with Crippen LogP contribution in [0.25, 0.3) is 15.9 Å². The largest absolute Gasteiger partial charge is 0.346 e. The smallest absolute Gasteiger partial charge is 0.220 e. The summed E-state index contributed by atoms with van der Waals surface area (Å²) < 4.78 is 3.04. The lowest BCUT2D eigenvalue weighted by atomic mass is 10.2. The fourth-order valence-corrected chi connectivity index (χ4v) is 3.75. The maximum Gasteiger partial charge on any atom is 0.220 e. The number of carbonyl (C=O) groups is 1. The number of para-hydroxylation sites is 1. The maximum atomic E-state index is 12.3. The Morgan fingerprint density at radius 3 is 2.92 bits per heavy atom. The van der Waals surface area contributed by atoms with Gasteiger partial charge in [0, 0.05) is 19.0 Å². The van der Waals surface area contributed by atoms with Crippen LogP contribution < -0.4 is 5.32 Å². The Balaban J connectivity index is 1.39. The molecule has 0 aliphatic rings. The average molecular weight is 351 g/mol. The standard InChI is InChI=1S/C18H17N5OS/c1-12(18-22-21-15-8-4-5-11-23(15)18)19-16(24)9-10-17-20-13-6-2-3-7-14(13)25-17/h2-8,11-12H,9-10H2,1H3,(H,19,24)/t12-/m0/s1. The number of benzene rings is 1. The van der Waals surface area contributed by atoms with E-state index in [0.29, 0.717) is 12.8 Å². The molecule has 0 saturated heterocycles. The summed E-state index contributed by atoms with van der Waals surface area (Å²) in [5, 5.41) is 12.3. The van der Waals surface area contributed by atoms with Gasteiger partial charge in [-0.05, 0) is 31.2 Å². The molecule has 1 atom stereocenters. The number of nitrogens with zero attached hydrogens (tertiary/aromatic N) is 4. The van der Waals surface area contributed by atoms with Gasteiger partial charge in [0.15, 0.2) is 11.5 Å². The van der Waals surface area contributed by atoms with E-state index >= 15 is 0 Å². The van der Waals surface area contributed by atoms with Crippen LogP contribution in [-0.4, -0.2) is 25.5 Å². The molecule has 126 valence electrons. The Bertz CT molecular complexity index is 1000. The van der Waals surface area contributed by atoms with E-state index in [0.717, 1.165) is 26.7 Å². The molecule has 25 heavy (non-hydrogen) atoms. The number of carbonyl (C=O) groups excluding carboxylic acids is 1. The first-order chi connectivity index (χ1) is 12.2. The summed E-state index contributed by atoms with van der Waals surface area (Å²) in [6.07, 6.45) is 2.94. The van der Waals surface area contributed by atoms with Crippen LogP contribution in [0.15, 0.2) is 48.7 Å². The van der Waals surface area contributed by atoms with Gasteiger partial charge < -0.3 is 5.32 Å². The van der Waals surface area contributed by atoms with Gasteiger partial charge in [-0.2, -0.15) is 0 Å². The normalized spacial score (nSPS) is 12.5. The van der Waals surface area contributed by atoms with E-state index in [9.17, 15) is 4.79 Å². The molecule has 0 radical (unpaired) electrons. The zero-order valence-corrected chi connectivity index (χ0v) is 14.5. The molecule has 1 amide bonds. The van der Waals surface area contributed by atoms with Crippen LogP contribution in [0.1, 0.15) is 30.2 Å². The molecule has 0 aliphatic carbocycles. The molecule has 0 aliphatic heterocycles. The first-order valence-electron chi connectivity index (χ1n) is 8.14. The number of nitrogens with one attached hydrogen (secondary N) is 1. The van der Waals surface area contributed by atoms with Crippen molar-refractivity contribution in [2.45, 2.75) is 25.8 Å². The minimum Gasteiger partial charge on any atom is -0.346 e. The van der Waals surface area contributed by atoms with Gasteiger partial charge in [0.1, 0.15) is 0 Å². The van der Waals surface area contributed by atoms with Crippen molar-refractivity contribution in [2.24, 2.45) is 0 Å². The monoisotopic (exact) mass is 351 g/mol. The minimum atomic E-state index is -0.208. The van der Waals surface area contributed by atoms with E-state index in [2.05, 4.69) is 26.6 Å². The molecule has 3 aromatic heterocycles. The van der Waals surface area contributed by atoms with E-state index in [4.69, 9.17) is 0 Å². The number of thiazole rings is 1. The third-order valence-corrected chi connectivity index (χ3v) is 5.11. The van der Waals surface area contributed by atoms with Crippen molar-refractivity contribution in [3.05, 3.63) is 59.5 Å². The second kappa shape index (κ2) is 6.60. The van der Waals surface area contributed by atoms with E-state index in [-0.39, 0.29) is 11.9 Å². The molecule has 6 nitrogen and oxygen atoms in total. The summed E-state index contributed by atoms with van der Waals surface area (Å²) in [5.74, 6) is 0.711. The zero-order valence-electron chi connectivity index (χ0n) is 13.7. The second-order valence-electron chi connectivity index (χ2n) is 5.85. The van der Waals surface area contributed by atoms with Gasteiger partial charge in [0.25, 0.3) is 0 Å². The van der Waals surface area contributed by atoms with Gasteiger partial charge in [-0.15, -0.1) is 21.5 Å². The van der Waals surface area contributed by atoms with Crippen LogP contribution in [0.5, 0.6) is 0 Å². The van der Waals surface area contributed by atoms with Gasteiger partial charge in [0.05, 0.1) is 21.3 Å². The molecule has 1 N–H and O–H groups in total. The third kappa shape index (κ3) is 3.23. The fourth-order valence-electron chi connectivity index (χ4n) is 2.78. The Hall–Kier alpha value is -2.80. The second-order valence-corrected chi connectivity index (χ2v) is 6.97. The van der Waals surface area contributed by atoms with Crippen molar-refractivity contribution in [3.63, 3.8) is 0 Å². The number of rotatable bonds is 5. The quantitative estimate of drug-likeness (QED) is 0.599. The highest BCUT2D eigenvalue weighted by atomic mass is 32.1. The molecule has 4 rings (SSSR count). The summed E-state index contributed by atoms with van der Waals surface area (Å²) in [5.41, 5.74) is 1.76. The Labute approximate surface area is 148 Å². The zero-order chi connectivity index (χ0) is 17.2. The number of aromatic nitrogens is 4. The van der Waals surface area contributed by atoms with E-state index in [1.54, 1.807) is 11.3 Å². The Morgan fingerprint density at radius 1 is 1.20 bits per heavy atom. The fraction of sp³-hybridized carbons (Fsp3) is 0.222. The Kier molecular flexibility index (Phi) is 4.15. The number of pyridine rings is 1. The highest BCUT2D eigenvalue weighted by molar-refractivity contribution is 7.18. The van der Waals surface area contributed by atoms with Crippen LogP contribution in [0.3, 0.4) is 0 Å². The number of hydrogen-bond donors (Lipinski definition) is 1. The van der Waals surface area contributed by atoms with Crippen LogP contribution in [-0.2, 0) is 11.2 Å². The molecule has 0 fully saturated rings. The minimum absolute atomic E-state index is 0.0144. The number of amides is 1. The van der Waals surface area contributed by atoms with Gasteiger partial charge in [-0.1, -0.05) is 18.2 Å². The lowest BCUT2D eigenvalue weighted by Gasteiger charge is -2.12. The molecule has 3 heterocycles. The first kappa shape index (κ1) is 15.7. The molecular formula is C18H17N5OS. The molecule has 0 spiro atoms. The molecular weight excluding hydrogens is 334 g/mol. The van der Waals surface area contributed by atoms with Crippen molar-refractivity contribution in [2.75, 3.05) is 0 Å². The summed E-state index contributed by atoms with van der Waals surface area (Å²) >= 11 is 1.64. The van der Waals surface area contributed by atoms with Crippen LogP contribution in [0, 0.1) is 0 Å². The predicted molar refractivity (Wildman–Crippen MR) is 97.5 cm³/mol. The highest BCUT2D eigenvalue weighted by Gasteiger charge is 2.16. The summed E-state index contributed by atoms with van der Waals surface area (Å²) in [6, 6.07) is 13.5. The van der Waals surface area contributed by atoms with Gasteiger partial charge >= 0.3 is 0 Å². The summed E-state index contributed by atoms with van der Waals surface area (Å²) in [4.78, 5) is 16.8. The number of aryl methyl sites for hydroxylation is 1. The van der Waals surface area contributed by atoms with Crippen LogP contribution in [0.2, 0.25) is 0 Å². The van der Waals surface area contributed by atoms with Gasteiger partial charge in [0.2, 0.25) is 5.91 Å². The SMILES string of the molecule is C[C@H](NC(=O)CCc1nc2ccccc2s1)c1nnc2ccccn12. The highest BCUT2D eigenvalue weighted by Crippen LogP contribution is 2.22. The summed E-state index contributed by atoms with van der Waals surface area (Å²) in [6.45, 7) is 1.92.